The number of amides is 3. The van der Waals surface area contributed by atoms with E-state index in [4.69, 9.17) is 4.42 Å². The lowest BCUT2D eigenvalue weighted by Gasteiger charge is -2.20. The Labute approximate surface area is 279 Å². The molecule has 5 rings (SSSR count). The van der Waals surface area contributed by atoms with Gasteiger partial charge in [-0.25, -0.2) is 14.8 Å². The van der Waals surface area contributed by atoms with Gasteiger partial charge in [0.05, 0.1) is 50.5 Å². The van der Waals surface area contributed by atoms with Crippen molar-refractivity contribution in [3.8, 4) is 33.6 Å². The number of imidazole rings is 2. The largest absolute Gasteiger partial charge is 0.461 e. The maximum absolute atomic E-state index is 12.6. The maximum atomic E-state index is 12.6. The summed E-state index contributed by atoms with van der Waals surface area (Å²) in [7, 11) is 3.02. The van der Waals surface area contributed by atoms with Gasteiger partial charge in [0.2, 0.25) is 11.8 Å². The van der Waals surface area contributed by atoms with Crippen molar-refractivity contribution in [2.45, 2.75) is 40.3 Å². The molecule has 3 aromatic heterocycles. The highest BCUT2D eigenvalue weighted by Gasteiger charge is 2.19. The molecule has 0 fully saturated rings. The number of nitrogens with zero attached hydrogens (tertiary/aromatic N) is 4. The summed E-state index contributed by atoms with van der Waals surface area (Å²) in [4.78, 5) is 55.6. The number of ether oxygens (including phenoxy) is 1. The minimum Gasteiger partial charge on any atom is -0.461 e. The molecule has 4 N–H and O–H groups in total. The minimum absolute atomic E-state index is 0.0335. The molecular weight excluding hydrogens is 612 g/mol. The van der Waals surface area contributed by atoms with Crippen LogP contribution in [0.3, 0.4) is 0 Å². The summed E-state index contributed by atoms with van der Waals surface area (Å²) in [6, 6.07) is 14.3. The maximum Gasteiger partial charge on any atom is 0.407 e. The molecule has 13 heteroatoms. The molecule has 0 aliphatic heterocycles. The number of nitrogens with one attached hydrogen (secondary N) is 4. The SMILES string of the molecule is CCCN(Cc1ncc(-c2ccc(-c3ccc(-c4cnc(CN(CC)C(=O)CNC(=O)OC)[nH]4)cc3)c3cc(C)oc23)[nH]1)C(=O)CNC. The molecule has 5 aromatic rings. The molecule has 0 aliphatic rings. The van der Waals surface area contributed by atoms with E-state index in [1.165, 1.54) is 7.11 Å². The predicted molar refractivity (Wildman–Crippen MR) is 183 cm³/mol. The average Bonchev–Trinajstić information content (AvgIpc) is 3.85. The Bertz CT molecular complexity index is 1870. The van der Waals surface area contributed by atoms with E-state index in [1.54, 1.807) is 29.2 Å². The van der Waals surface area contributed by atoms with E-state index in [9.17, 15) is 14.4 Å². The first-order valence-electron chi connectivity index (χ1n) is 16.0. The van der Waals surface area contributed by atoms with Crippen LogP contribution in [0.4, 0.5) is 4.79 Å². The molecule has 2 aromatic carbocycles. The second-order valence-corrected chi connectivity index (χ2v) is 11.4. The number of benzene rings is 2. The first-order valence-corrected chi connectivity index (χ1v) is 16.0. The van der Waals surface area contributed by atoms with Crippen molar-refractivity contribution in [3.05, 3.63) is 72.3 Å². The quantitative estimate of drug-likeness (QED) is 0.132. The number of aryl methyl sites for hydroxylation is 1. The Balaban J connectivity index is 1.32. The number of furan rings is 1. The van der Waals surface area contributed by atoms with E-state index in [2.05, 4.69) is 60.4 Å². The van der Waals surface area contributed by atoms with Gasteiger partial charge in [-0.15, -0.1) is 0 Å². The second-order valence-electron chi connectivity index (χ2n) is 11.4. The number of carbonyl (C=O) groups is 3. The highest BCUT2D eigenvalue weighted by molar-refractivity contribution is 6.02. The molecule has 0 saturated carbocycles. The Morgan fingerprint density at radius 1 is 0.854 bits per heavy atom. The third kappa shape index (κ3) is 7.74. The van der Waals surface area contributed by atoms with E-state index in [0.29, 0.717) is 31.3 Å². The molecule has 0 aliphatic carbocycles. The van der Waals surface area contributed by atoms with E-state index >= 15 is 0 Å². The van der Waals surface area contributed by atoms with Crippen LogP contribution in [0.2, 0.25) is 0 Å². The Morgan fingerprint density at radius 3 is 2.15 bits per heavy atom. The minimum atomic E-state index is -0.653. The number of fused-ring (bicyclic) bond motifs is 1. The molecule has 3 amide bonds. The summed E-state index contributed by atoms with van der Waals surface area (Å²) in [5.74, 6) is 1.95. The van der Waals surface area contributed by atoms with Crippen LogP contribution in [0, 0.1) is 6.92 Å². The van der Waals surface area contributed by atoms with Gasteiger partial charge >= 0.3 is 6.09 Å². The monoisotopic (exact) mass is 654 g/mol. The lowest BCUT2D eigenvalue weighted by molar-refractivity contribution is -0.131. The summed E-state index contributed by atoms with van der Waals surface area (Å²) in [5.41, 5.74) is 6.31. The zero-order chi connectivity index (χ0) is 34.2. The van der Waals surface area contributed by atoms with Gasteiger partial charge in [0.25, 0.3) is 0 Å². The van der Waals surface area contributed by atoms with E-state index < -0.39 is 6.09 Å². The molecule has 3 heterocycles. The number of aromatic nitrogens is 4. The summed E-state index contributed by atoms with van der Waals surface area (Å²) < 4.78 is 10.7. The fraction of sp³-hybridized carbons (Fsp3) is 0.343. The van der Waals surface area contributed by atoms with E-state index in [-0.39, 0.29) is 31.4 Å². The van der Waals surface area contributed by atoms with Crippen LogP contribution in [-0.4, -0.2) is 88.0 Å². The Hall–Kier alpha value is -5.43. The summed E-state index contributed by atoms with van der Waals surface area (Å²) in [6.45, 7) is 7.79. The molecule has 0 atom stereocenters. The molecule has 13 nitrogen and oxygen atoms in total. The van der Waals surface area contributed by atoms with Crippen LogP contribution in [-0.2, 0) is 27.4 Å². The highest BCUT2D eigenvalue weighted by Crippen LogP contribution is 2.37. The number of carbonyl (C=O) groups excluding carboxylic acids is 3. The van der Waals surface area contributed by atoms with Crippen molar-refractivity contribution >= 4 is 28.9 Å². The standard InChI is InChI=1S/C35H42N8O5/c1-6-14-43(32(44)18-36-4)21-31-38-17-29(41-31)26-13-12-25(27-15-22(3)48-34(26)27)23-8-10-24(11-9-23)28-16-37-30(40-28)20-42(7-2)33(45)19-39-35(46)47-5/h8-13,15-17,36H,6-7,14,18-21H2,1-5H3,(H,37,40)(H,38,41)(H,39,46). The lowest BCUT2D eigenvalue weighted by Crippen LogP contribution is -2.39. The molecule has 0 bridgehead atoms. The van der Waals surface area contributed by atoms with E-state index in [1.807, 2.05) is 38.1 Å². The van der Waals surface area contributed by atoms with Gasteiger partial charge in [0.15, 0.2) is 0 Å². The van der Waals surface area contributed by atoms with Crippen LogP contribution >= 0.6 is 0 Å². The number of methoxy groups -OCH3 is 1. The zero-order valence-corrected chi connectivity index (χ0v) is 28.0. The first-order chi connectivity index (χ1) is 23.2. The Morgan fingerprint density at radius 2 is 1.48 bits per heavy atom. The van der Waals surface area contributed by atoms with Crippen molar-refractivity contribution in [2.75, 3.05) is 40.3 Å². The van der Waals surface area contributed by atoms with Crippen molar-refractivity contribution < 1.29 is 23.5 Å². The van der Waals surface area contributed by atoms with Gasteiger partial charge in [0.1, 0.15) is 29.5 Å². The van der Waals surface area contributed by atoms with Crippen molar-refractivity contribution in [1.29, 1.82) is 0 Å². The number of alkyl carbamates (subject to hydrolysis) is 1. The topological polar surface area (TPSA) is 161 Å². The molecule has 252 valence electrons. The lowest BCUT2D eigenvalue weighted by atomic mass is 9.97. The van der Waals surface area contributed by atoms with Crippen LogP contribution in [0.15, 0.2) is 59.3 Å². The molecule has 0 spiro atoms. The summed E-state index contributed by atoms with van der Waals surface area (Å²) in [6.07, 6.45) is 3.74. The number of rotatable bonds is 14. The van der Waals surface area contributed by atoms with E-state index in [0.717, 1.165) is 56.8 Å². The first kappa shape index (κ1) is 33.9. The summed E-state index contributed by atoms with van der Waals surface area (Å²) in [5, 5.41) is 6.34. The summed E-state index contributed by atoms with van der Waals surface area (Å²) >= 11 is 0. The van der Waals surface area contributed by atoms with Crippen LogP contribution in [0.25, 0.3) is 44.6 Å². The van der Waals surface area contributed by atoms with Gasteiger partial charge < -0.3 is 39.6 Å². The number of aromatic amines is 2. The number of likely N-dealkylation sites (N-methyl/N-ethyl adjacent to an activating group) is 2. The second kappa shape index (κ2) is 15.4. The van der Waals surface area contributed by atoms with Crippen molar-refractivity contribution in [1.82, 2.24) is 40.4 Å². The van der Waals surface area contributed by atoms with Crippen LogP contribution in [0.1, 0.15) is 37.7 Å². The fourth-order valence-electron chi connectivity index (χ4n) is 5.60. The number of hydrogen-bond acceptors (Lipinski definition) is 8. The number of hydrogen-bond donors (Lipinski definition) is 4. The van der Waals surface area contributed by atoms with Gasteiger partial charge in [-0.2, -0.15) is 0 Å². The normalized spacial score (nSPS) is 11.1. The molecule has 0 saturated heterocycles. The average molecular weight is 655 g/mol. The zero-order valence-electron chi connectivity index (χ0n) is 28.0. The molecular formula is C35H42N8O5. The van der Waals surface area contributed by atoms with Gasteiger partial charge in [-0.1, -0.05) is 37.3 Å². The predicted octanol–water partition coefficient (Wildman–Crippen LogP) is 4.85. The molecule has 0 radical (unpaired) electrons. The van der Waals surface area contributed by atoms with Crippen molar-refractivity contribution in [2.24, 2.45) is 0 Å². The fourth-order valence-corrected chi connectivity index (χ4v) is 5.60. The van der Waals surface area contributed by atoms with Gasteiger partial charge in [0, 0.05) is 24.0 Å². The number of H-pyrrole nitrogens is 2. The third-order valence-electron chi connectivity index (χ3n) is 8.02. The van der Waals surface area contributed by atoms with Crippen LogP contribution in [0.5, 0.6) is 0 Å². The molecule has 0 unspecified atom stereocenters. The third-order valence-corrected chi connectivity index (χ3v) is 8.02. The van der Waals surface area contributed by atoms with Gasteiger partial charge in [-0.3, -0.25) is 9.59 Å². The van der Waals surface area contributed by atoms with Crippen LogP contribution < -0.4 is 10.6 Å². The highest BCUT2D eigenvalue weighted by atomic mass is 16.5. The van der Waals surface area contributed by atoms with Gasteiger partial charge in [-0.05, 0) is 56.1 Å². The Kier molecular flexibility index (Phi) is 10.9. The molecule has 48 heavy (non-hydrogen) atoms. The smallest absolute Gasteiger partial charge is 0.407 e. The van der Waals surface area contributed by atoms with Crippen molar-refractivity contribution in [3.63, 3.8) is 0 Å².